The topological polar surface area (TPSA) is 51.0 Å². The summed E-state index contributed by atoms with van der Waals surface area (Å²) in [7, 11) is 0. The lowest BCUT2D eigenvalue weighted by molar-refractivity contribution is 0.0979. The van der Waals surface area contributed by atoms with Gasteiger partial charge in [0, 0.05) is 18.8 Å². The van der Waals surface area contributed by atoms with Gasteiger partial charge in [-0.25, -0.2) is 13.8 Å². The van der Waals surface area contributed by atoms with Crippen molar-refractivity contribution in [1.29, 1.82) is 0 Å². The van der Waals surface area contributed by atoms with Crippen molar-refractivity contribution in [3.8, 4) is 0 Å². The highest BCUT2D eigenvalue weighted by Gasteiger charge is 2.24. The summed E-state index contributed by atoms with van der Waals surface area (Å²) in [5, 5.41) is 4.56. The van der Waals surface area contributed by atoms with E-state index in [-0.39, 0.29) is 23.7 Å². The molecule has 1 amide bonds. The molecule has 4 aromatic rings. The summed E-state index contributed by atoms with van der Waals surface area (Å²) in [5.74, 6) is -1.78. The minimum Gasteiger partial charge on any atom is -0.278 e. The van der Waals surface area contributed by atoms with E-state index in [1.165, 1.54) is 11.0 Å². The van der Waals surface area contributed by atoms with Crippen LogP contribution in [0.2, 0.25) is 0 Å². The second kappa shape index (κ2) is 7.47. The Kier molecular flexibility index (Phi) is 4.87. The third-order valence-electron chi connectivity index (χ3n) is 4.25. The number of nitrogens with zero attached hydrogens (tertiary/aromatic N) is 4. The Balaban J connectivity index is 1.78. The molecule has 0 radical (unpaired) electrons. The zero-order valence-electron chi connectivity index (χ0n) is 15.0. The Bertz CT molecular complexity index is 1140. The Morgan fingerprint density at radius 2 is 1.96 bits per heavy atom. The van der Waals surface area contributed by atoms with E-state index in [0.717, 1.165) is 23.0 Å². The zero-order chi connectivity index (χ0) is 19.7. The van der Waals surface area contributed by atoms with E-state index in [1.807, 2.05) is 37.3 Å². The third-order valence-corrected chi connectivity index (χ3v) is 5.27. The highest BCUT2D eigenvalue weighted by molar-refractivity contribution is 7.22. The van der Waals surface area contributed by atoms with Crippen LogP contribution in [0.1, 0.15) is 23.0 Å². The predicted molar refractivity (Wildman–Crippen MR) is 104 cm³/mol. The van der Waals surface area contributed by atoms with E-state index in [9.17, 15) is 13.6 Å². The molecule has 0 spiro atoms. The summed E-state index contributed by atoms with van der Waals surface area (Å²) in [6.07, 6.45) is 1.72. The van der Waals surface area contributed by atoms with Gasteiger partial charge in [-0.3, -0.25) is 14.4 Å². The van der Waals surface area contributed by atoms with Gasteiger partial charge in [-0.15, -0.1) is 0 Å². The van der Waals surface area contributed by atoms with E-state index in [1.54, 1.807) is 16.9 Å². The van der Waals surface area contributed by atoms with Crippen molar-refractivity contribution in [2.24, 2.45) is 0 Å². The smallest absolute Gasteiger partial charge is 0.278 e. The van der Waals surface area contributed by atoms with Gasteiger partial charge in [0.1, 0.15) is 11.3 Å². The minimum absolute atomic E-state index is 0.0475. The van der Waals surface area contributed by atoms with Crippen LogP contribution in [0, 0.1) is 11.6 Å². The first-order chi connectivity index (χ1) is 13.5. The molecule has 0 unspecified atom stereocenters. The van der Waals surface area contributed by atoms with E-state index >= 15 is 0 Å². The van der Waals surface area contributed by atoms with Gasteiger partial charge in [0.2, 0.25) is 0 Å². The number of benzene rings is 2. The van der Waals surface area contributed by atoms with Gasteiger partial charge >= 0.3 is 0 Å². The van der Waals surface area contributed by atoms with Crippen molar-refractivity contribution in [1.82, 2.24) is 14.8 Å². The maximum atomic E-state index is 14.1. The number of carbonyl (C=O) groups is 1. The SMILES string of the molecule is CCn1ccc(C(=O)N(Cc2ccccc2)c2nc3c(F)cc(F)cc3s2)n1. The average molecular weight is 398 g/mol. The number of rotatable bonds is 5. The lowest BCUT2D eigenvalue weighted by atomic mass is 10.2. The van der Waals surface area contributed by atoms with Crippen molar-refractivity contribution >= 4 is 32.6 Å². The number of amides is 1. The molecule has 28 heavy (non-hydrogen) atoms. The molecule has 0 aliphatic carbocycles. The summed E-state index contributed by atoms with van der Waals surface area (Å²) in [6, 6.07) is 13.0. The summed E-state index contributed by atoms with van der Waals surface area (Å²) >= 11 is 1.07. The van der Waals surface area contributed by atoms with Gasteiger partial charge in [0.05, 0.1) is 11.2 Å². The number of hydrogen-bond donors (Lipinski definition) is 0. The van der Waals surface area contributed by atoms with Crippen LogP contribution in [0.3, 0.4) is 0 Å². The standard InChI is InChI=1S/C20H16F2N4OS/c1-2-25-9-8-16(24-25)19(27)26(12-13-6-4-3-5-7-13)20-23-18-15(22)10-14(21)11-17(18)28-20/h3-11H,2,12H2,1H3. The molecule has 8 heteroatoms. The van der Waals surface area contributed by atoms with Crippen molar-refractivity contribution in [2.75, 3.05) is 4.90 Å². The number of aryl methyl sites for hydroxylation is 1. The Morgan fingerprint density at radius 3 is 2.68 bits per heavy atom. The maximum Gasteiger partial charge on any atom is 0.280 e. The second-order valence-electron chi connectivity index (χ2n) is 6.16. The van der Waals surface area contributed by atoms with E-state index in [4.69, 9.17) is 0 Å². The van der Waals surface area contributed by atoms with Crippen LogP contribution in [0.25, 0.3) is 10.2 Å². The number of hydrogen-bond acceptors (Lipinski definition) is 4. The van der Waals surface area contributed by atoms with Gasteiger partial charge in [-0.1, -0.05) is 41.7 Å². The van der Waals surface area contributed by atoms with Crippen molar-refractivity contribution in [2.45, 2.75) is 20.0 Å². The molecule has 0 bridgehead atoms. The van der Waals surface area contributed by atoms with Crippen molar-refractivity contribution in [3.05, 3.63) is 77.6 Å². The Hall–Kier alpha value is -3.13. The lowest BCUT2D eigenvalue weighted by Gasteiger charge is -2.19. The number of anilines is 1. The number of thiazole rings is 1. The summed E-state index contributed by atoms with van der Waals surface area (Å²) in [4.78, 5) is 18.9. The molecule has 2 aromatic heterocycles. The first-order valence-electron chi connectivity index (χ1n) is 8.70. The maximum absolute atomic E-state index is 14.1. The highest BCUT2D eigenvalue weighted by atomic mass is 32.1. The van der Waals surface area contributed by atoms with Crippen LogP contribution in [0.4, 0.5) is 13.9 Å². The van der Waals surface area contributed by atoms with E-state index in [0.29, 0.717) is 16.4 Å². The Labute approximate surface area is 163 Å². The number of fused-ring (bicyclic) bond motifs is 1. The average Bonchev–Trinajstić information content (AvgIpc) is 3.33. The molecule has 5 nitrogen and oxygen atoms in total. The number of aromatic nitrogens is 3. The van der Waals surface area contributed by atoms with Gasteiger partial charge in [-0.2, -0.15) is 5.10 Å². The normalized spacial score (nSPS) is 11.1. The fraction of sp³-hybridized carbons (Fsp3) is 0.150. The molecule has 0 aliphatic rings. The largest absolute Gasteiger partial charge is 0.280 e. The predicted octanol–water partition coefficient (Wildman–Crippen LogP) is 4.64. The molecule has 142 valence electrons. The molecular formula is C20H16F2N4OS. The third kappa shape index (κ3) is 3.50. The van der Waals surface area contributed by atoms with Crippen molar-refractivity contribution < 1.29 is 13.6 Å². The van der Waals surface area contributed by atoms with E-state index < -0.39 is 11.6 Å². The first-order valence-corrected chi connectivity index (χ1v) is 9.51. The molecule has 0 N–H and O–H groups in total. The second-order valence-corrected chi connectivity index (χ2v) is 7.17. The molecule has 2 aromatic carbocycles. The van der Waals surface area contributed by atoms with Gasteiger partial charge in [0.25, 0.3) is 5.91 Å². The summed E-state index contributed by atoms with van der Waals surface area (Å²) < 4.78 is 29.7. The van der Waals surface area contributed by atoms with Crippen LogP contribution in [0.5, 0.6) is 0 Å². The van der Waals surface area contributed by atoms with E-state index in [2.05, 4.69) is 10.1 Å². The van der Waals surface area contributed by atoms with Crippen LogP contribution in [0.15, 0.2) is 54.7 Å². The van der Waals surface area contributed by atoms with Crippen molar-refractivity contribution in [3.63, 3.8) is 0 Å². The number of halogens is 2. The van der Waals surface area contributed by atoms with Gasteiger partial charge in [0.15, 0.2) is 16.6 Å². The highest BCUT2D eigenvalue weighted by Crippen LogP contribution is 2.32. The fourth-order valence-electron chi connectivity index (χ4n) is 2.84. The van der Waals surface area contributed by atoms with Gasteiger partial charge < -0.3 is 0 Å². The minimum atomic E-state index is -0.750. The molecule has 0 saturated carbocycles. The molecule has 2 heterocycles. The monoisotopic (exact) mass is 398 g/mol. The molecule has 0 atom stereocenters. The van der Waals surface area contributed by atoms with Crippen LogP contribution in [-0.4, -0.2) is 20.7 Å². The quantitative estimate of drug-likeness (QED) is 0.492. The fourth-order valence-corrected chi connectivity index (χ4v) is 3.85. The van der Waals surface area contributed by atoms with Crippen LogP contribution < -0.4 is 4.90 Å². The van der Waals surface area contributed by atoms with Crippen LogP contribution >= 0.6 is 11.3 Å². The molecule has 0 saturated heterocycles. The Morgan fingerprint density at radius 1 is 1.18 bits per heavy atom. The molecule has 4 rings (SSSR count). The molecular weight excluding hydrogens is 382 g/mol. The van der Waals surface area contributed by atoms with Gasteiger partial charge in [-0.05, 0) is 24.6 Å². The zero-order valence-corrected chi connectivity index (χ0v) is 15.8. The molecule has 0 aliphatic heterocycles. The summed E-state index contributed by atoms with van der Waals surface area (Å²) in [5.41, 5.74) is 1.20. The number of carbonyl (C=O) groups excluding carboxylic acids is 1. The first kappa shape index (κ1) is 18.2. The lowest BCUT2D eigenvalue weighted by Crippen LogP contribution is -2.30. The summed E-state index contributed by atoms with van der Waals surface area (Å²) in [6.45, 7) is 2.80. The molecule has 0 fully saturated rings. The van der Waals surface area contributed by atoms with Crippen LogP contribution in [-0.2, 0) is 13.1 Å².